The number of para-hydroxylation sites is 1. The molecule has 0 heterocycles. The van der Waals surface area contributed by atoms with Crippen LogP contribution in [0.4, 0.5) is 4.79 Å². The molecule has 21 heavy (non-hydrogen) atoms. The lowest BCUT2D eigenvalue weighted by molar-refractivity contribution is -0.180. The Hall–Kier alpha value is -2.04. The van der Waals surface area contributed by atoms with Gasteiger partial charge in [-0.25, -0.2) is 4.79 Å². The maximum absolute atomic E-state index is 11.8. The Morgan fingerprint density at radius 2 is 1.62 bits per heavy atom. The van der Waals surface area contributed by atoms with Gasteiger partial charge in [-0.1, -0.05) is 45.9 Å². The average Bonchev–Trinajstić information content (AvgIpc) is 2.40. The maximum atomic E-state index is 11.8. The van der Waals surface area contributed by atoms with E-state index in [0.29, 0.717) is 5.75 Å². The highest BCUT2D eigenvalue weighted by molar-refractivity contribution is 5.72. The fraction of sp³-hybridized carbons (Fsp3) is 0.500. The van der Waals surface area contributed by atoms with E-state index in [9.17, 15) is 9.59 Å². The van der Waals surface area contributed by atoms with Crippen molar-refractivity contribution in [3.63, 3.8) is 0 Å². The Morgan fingerprint density at radius 1 is 1.00 bits per heavy atom. The smallest absolute Gasteiger partial charge is 0.425 e. The Balaban J connectivity index is 2.65. The predicted octanol–water partition coefficient (Wildman–Crippen LogP) is 3.69. The highest BCUT2D eigenvalue weighted by Gasteiger charge is 2.25. The van der Waals surface area contributed by atoms with Gasteiger partial charge in [0.05, 0.1) is 5.92 Å². The SMILES string of the molecule is Cc1ccccc1OC(=O)OC(OC(=O)C(C)C)C(C)C. The van der Waals surface area contributed by atoms with E-state index in [-0.39, 0.29) is 11.8 Å². The highest BCUT2D eigenvalue weighted by atomic mass is 16.8. The third kappa shape index (κ3) is 5.45. The van der Waals surface area contributed by atoms with Gasteiger partial charge >= 0.3 is 12.1 Å². The first-order valence-corrected chi connectivity index (χ1v) is 6.95. The lowest BCUT2D eigenvalue weighted by Crippen LogP contribution is -2.32. The minimum absolute atomic E-state index is 0.169. The molecule has 1 aromatic carbocycles. The molecule has 0 saturated heterocycles. The molecule has 0 spiro atoms. The maximum Gasteiger partial charge on any atom is 0.516 e. The Morgan fingerprint density at radius 3 is 2.14 bits per heavy atom. The summed E-state index contributed by atoms with van der Waals surface area (Å²) in [6.45, 7) is 8.83. The summed E-state index contributed by atoms with van der Waals surface area (Å²) < 4.78 is 15.4. The van der Waals surface area contributed by atoms with Crippen molar-refractivity contribution < 1.29 is 23.8 Å². The minimum Gasteiger partial charge on any atom is -0.425 e. The molecular weight excluding hydrogens is 272 g/mol. The molecule has 0 amide bonds. The molecule has 0 saturated carbocycles. The van der Waals surface area contributed by atoms with E-state index in [1.165, 1.54) is 0 Å². The number of hydrogen-bond acceptors (Lipinski definition) is 5. The summed E-state index contributed by atoms with van der Waals surface area (Å²) in [5, 5.41) is 0. The van der Waals surface area contributed by atoms with Crippen LogP contribution in [0.25, 0.3) is 0 Å². The van der Waals surface area contributed by atoms with Crippen molar-refractivity contribution in [2.24, 2.45) is 11.8 Å². The molecule has 116 valence electrons. The predicted molar refractivity (Wildman–Crippen MR) is 77.8 cm³/mol. The number of aryl methyl sites for hydroxylation is 1. The van der Waals surface area contributed by atoms with Gasteiger partial charge in [-0.2, -0.15) is 0 Å². The number of carbonyl (C=O) groups excluding carboxylic acids is 2. The zero-order valence-electron chi connectivity index (χ0n) is 13.1. The number of rotatable bonds is 5. The van der Waals surface area contributed by atoms with Crippen molar-refractivity contribution in [2.75, 3.05) is 0 Å². The Bertz CT molecular complexity index is 493. The van der Waals surface area contributed by atoms with Crippen LogP contribution in [0, 0.1) is 18.8 Å². The summed E-state index contributed by atoms with van der Waals surface area (Å²) in [5.74, 6) is -0.461. The molecule has 1 aromatic rings. The summed E-state index contributed by atoms with van der Waals surface area (Å²) in [5.41, 5.74) is 0.815. The number of benzene rings is 1. The summed E-state index contributed by atoms with van der Waals surface area (Å²) >= 11 is 0. The van der Waals surface area contributed by atoms with E-state index in [2.05, 4.69) is 0 Å². The third-order valence-electron chi connectivity index (χ3n) is 2.75. The second-order valence-electron chi connectivity index (χ2n) is 5.44. The lowest BCUT2D eigenvalue weighted by atomic mass is 10.2. The van der Waals surface area contributed by atoms with Crippen LogP contribution in [-0.4, -0.2) is 18.4 Å². The second kappa shape index (κ2) is 7.67. The molecule has 0 N–H and O–H groups in total. The molecule has 1 unspecified atom stereocenters. The van der Waals surface area contributed by atoms with Gasteiger partial charge < -0.3 is 14.2 Å². The molecular formula is C16H22O5. The van der Waals surface area contributed by atoms with E-state index >= 15 is 0 Å². The first-order valence-electron chi connectivity index (χ1n) is 6.95. The second-order valence-corrected chi connectivity index (χ2v) is 5.44. The number of hydrogen-bond donors (Lipinski definition) is 0. The fourth-order valence-corrected chi connectivity index (χ4v) is 1.43. The van der Waals surface area contributed by atoms with Gasteiger partial charge in [-0.05, 0) is 18.6 Å². The molecule has 1 rings (SSSR count). The van der Waals surface area contributed by atoms with E-state index in [1.807, 2.05) is 19.1 Å². The summed E-state index contributed by atoms with van der Waals surface area (Å²) in [4.78, 5) is 23.4. The first kappa shape index (κ1) is 17.0. The third-order valence-corrected chi connectivity index (χ3v) is 2.75. The molecule has 0 radical (unpaired) electrons. The highest BCUT2D eigenvalue weighted by Crippen LogP contribution is 2.18. The van der Waals surface area contributed by atoms with Gasteiger partial charge in [0.1, 0.15) is 5.75 Å². The molecule has 0 aliphatic rings. The molecule has 0 fully saturated rings. The Labute approximate surface area is 125 Å². The molecule has 5 heteroatoms. The molecule has 1 atom stereocenters. The van der Waals surface area contributed by atoms with Gasteiger partial charge in [-0.15, -0.1) is 0 Å². The van der Waals surface area contributed by atoms with Crippen molar-refractivity contribution >= 4 is 12.1 Å². The first-order chi connectivity index (χ1) is 9.81. The van der Waals surface area contributed by atoms with E-state index in [1.54, 1.807) is 39.8 Å². The summed E-state index contributed by atoms with van der Waals surface area (Å²) in [6.07, 6.45) is -1.85. The molecule has 0 aliphatic heterocycles. The molecule has 0 bridgehead atoms. The zero-order valence-corrected chi connectivity index (χ0v) is 13.1. The topological polar surface area (TPSA) is 61.8 Å². The van der Waals surface area contributed by atoms with E-state index in [0.717, 1.165) is 5.56 Å². The van der Waals surface area contributed by atoms with Crippen molar-refractivity contribution in [2.45, 2.75) is 40.9 Å². The van der Waals surface area contributed by atoms with Crippen LogP contribution in [0.5, 0.6) is 5.75 Å². The van der Waals surface area contributed by atoms with Crippen LogP contribution in [-0.2, 0) is 14.3 Å². The minimum atomic E-state index is -0.962. The van der Waals surface area contributed by atoms with E-state index in [4.69, 9.17) is 14.2 Å². The summed E-state index contributed by atoms with van der Waals surface area (Å²) in [7, 11) is 0. The zero-order chi connectivity index (χ0) is 16.0. The van der Waals surface area contributed by atoms with E-state index < -0.39 is 18.4 Å². The molecule has 5 nitrogen and oxygen atoms in total. The van der Waals surface area contributed by atoms with Crippen LogP contribution >= 0.6 is 0 Å². The van der Waals surface area contributed by atoms with Gasteiger partial charge in [0, 0.05) is 5.92 Å². The van der Waals surface area contributed by atoms with Crippen LogP contribution in [0.3, 0.4) is 0 Å². The van der Waals surface area contributed by atoms with Crippen LogP contribution in [0.2, 0.25) is 0 Å². The van der Waals surface area contributed by atoms with Crippen molar-refractivity contribution in [3.05, 3.63) is 29.8 Å². The summed E-state index contributed by atoms with van der Waals surface area (Å²) in [6, 6.07) is 7.09. The average molecular weight is 294 g/mol. The van der Waals surface area contributed by atoms with Crippen LogP contribution in [0.1, 0.15) is 33.3 Å². The van der Waals surface area contributed by atoms with Gasteiger partial charge in [-0.3, -0.25) is 4.79 Å². The largest absolute Gasteiger partial charge is 0.516 e. The quantitative estimate of drug-likeness (QED) is 0.471. The lowest BCUT2D eigenvalue weighted by Gasteiger charge is -2.22. The van der Waals surface area contributed by atoms with Gasteiger partial charge in [0.25, 0.3) is 6.29 Å². The number of carbonyl (C=O) groups is 2. The van der Waals surface area contributed by atoms with Crippen molar-refractivity contribution in [1.29, 1.82) is 0 Å². The Kier molecular flexibility index (Phi) is 6.21. The molecule has 0 aliphatic carbocycles. The number of ether oxygens (including phenoxy) is 3. The van der Waals surface area contributed by atoms with Crippen LogP contribution in [0.15, 0.2) is 24.3 Å². The number of esters is 1. The van der Waals surface area contributed by atoms with Crippen molar-refractivity contribution in [1.82, 2.24) is 0 Å². The normalized spacial score (nSPS) is 12.1. The van der Waals surface area contributed by atoms with Gasteiger partial charge in [0.15, 0.2) is 0 Å². The van der Waals surface area contributed by atoms with Crippen molar-refractivity contribution in [3.8, 4) is 5.75 Å². The van der Waals surface area contributed by atoms with Gasteiger partial charge in [0.2, 0.25) is 0 Å². The van der Waals surface area contributed by atoms with Crippen LogP contribution < -0.4 is 4.74 Å². The molecule has 0 aromatic heterocycles. The fourth-order valence-electron chi connectivity index (χ4n) is 1.43. The monoisotopic (exact) mass is 294 g/mol. The standard InChI is InChI=1S/C16H22O5/c1-10(2)14(17)20-15(11(3)4)21-16(18)19-13-9-7-6-8-12(13)5/h6-11,15H,1-5H3.